The van der Waals surface area contributed by atoms with Gasteiger partial charge in [-0.2, -0.15) is 5.10 Å². The number of nitrogens with one attached hydrogen (secondary N) is 1. The maximum atomic E-state index is 12.9. The summed E-state index contributed by atoms with van der Waals surface area (Å²) in [7, 11) is 1.64. The highest BCUT2D eigenvalue weighted by atomic mass is 16.5. The Balaban J connectivity index is 2.14. The van der Waals surface area contributed by atoms with Crippen molar-refractivity contribution in [3.8, 4) is 5.75 Å². The summed E-state index contributed by atoms with van der Waals surface area (Å²) in [5.41, 5.74) is 2.69. The van der Waals surface area contributed by atoms with E-state index in [1.807, 2.05) is 31.2 Å². The molecule has 1 aromatic carbocycles. The highest BCUT2D eigenvalue weighted by Crippen LogP contribution is 2.45. The van der Waals surface area contributed by atoms with Gasteiger partial charge in [-0.15, -0.1) is 0 Å². The van der Waals surface area contributed by atoms with Crippen LogP contribution in [0.5, 0.6) is 5.75 Å². The smallest absolute Gasteiger partial charge is 0.315 e. The number of aliphatic imine (C=N–C) groups is 1. The standard InChI is InChI=1S/C20H25N3O3/c1-4-6-10-15-18(20(24)26-5-2)17(14-12-21-23-19(14)22-15)13-9-7-8-11-16(13)25-3/h7-9,11-12,17-18H,4-6,10H2,1-3H3,(H,21,23). The Labute approximate surface area is 153 Å². The molecular weight excluding hydrogens is 330 g/mol. The number of H-pyrrole nitrogens is 1. The fraction of sp³-hybridized carbons (Fsp3) is 0.450. The van der Waals surface area contributed by atoms with Gasteiger partial charge in [0.15, 0.2) is 5.82 Å². The van der Waals surface area contributed by atoms with Crippen LogP contribution in [0.4, 0.5) is 5.82 Å². The first kappa shape index (κ1) is 18.2. The van der Waals surface area contributed by atoms with Gasteiger partial charge in [-0.05, 0) is 25.8 Å². The van der Waals surface area contributed by atoms with Crippen LogP contribution in [-0.4, -0.2) is 35.6 Å². The SMILES string of the molecule is CCCCC1=Nc2[nH]ncc2C(c2ccccc2OC)C1C(=O)OCC. The molecule has 1 aliphatic rings. The van der Waals surface area contributed by atoms with Gasteiger partial charge in [0.25, 0.3) is 0 Å². The number of carbonyl (C=O) groups excluding carboxylic acids is 1. The molecule has 0 amide bonds. The van der Waals surface area contributed by atoms with Gasteiger partial charge in [-0.25, -0.2) is 4.99 Å². The van der Waals surface area contributed by atoms with Gasteiger partial charge in [0.2, 0.25) is 0 Å². The van der Waals surface area contributed by atoms with Crippen molar-refractivity contribution in [2.75, 3.05) is 13.7 Å². The second-order valence-corrected chi connectivity index (χ2v) is 6.33. The Morgan fingerprint density at radius 2 is 2.04 bits per heavy atom. The zero-order valence-electron chi connectivity index (χ0n) is 15.5. The average Bonchev–Trinajstić information content (AvgIpc) is 3.13. The molecular formula is C20H25N3O3. The number of rotatable bonds is 7. The molecule has 26 heavy (non-hydrogen) atoms. The Bertz CT molecular complexity index is 797. The summed E-state index contributed by atoms with van der Waals surface area (Å²) < 4.78 is 11.0. The van der Waals surface area contributed by atoms with Crippen LogP contribution in [0.25, 0.3) is 0 Å². The molecule has 6 heteroatoms. The second-order valence-electron chi connectivity index (χ2n) is 6.33. The number of carbonyl (C=O) groups is 1. The van der Waals surface area contributed by atoms with E-state index in [4.69, 9.17) is 14.5 Å². The van der Waals surface area contributed by atoms with Crippen molar-refractivity contribution < 1.29 is 14.3 Å². The highest BCUT2D eigenvalue weighted by Gasteiger charge is 2.41. The van der Waals surface area contributed by atoms with E-state index in [0.29, 0.717) is 12.4 Å². The molecule has 1 aliphatic heterocycles. The molecule has 3 rings (SSSR count). The van der Waals surface area contributed by atoms with Crippen molar-refractivity contribution in [2.45, 2.75) is 39.0 Å². The quantitative estimate of drug-likeness (QED) is 0.762. The lowest BCUT2D eigenvalue weighted by Gasteiger charge is -2.31. The first-order valence-electron chi connectivity index (χ1n) is 9.11. The van der Waals surface area contributed by atoms with E-state index in [9.17, 15) is 4.79 Å². The number of fused-ring (bicyclic) bond motifs is 1. The Morgan fingerprint density at radius 3 is 2.77 bits per heavy atom. The fourth-order valence-corrected chi connectivity index (χ4v) is 3.53. The number of hydrogen-bond donors (Lipinski definition) is 1. The number of unbranched alkanes of at least 4 members (excludes halogenated alkanes) is 1. The van der Waals surface area contributed by atoms with Crippen LogP contribution in [0.15, 0.2) is 35.5 Å². The van der Waals surface area contributed by atoms with Crippen LogP contribution >= 0.6 is 0 Å². The van der Waals surface area contributed by atoms with E-state index in [1.54, 1.807) is 13.3 Å². The monoisotopic (exact) mass is 355 g/mol. The van der Waals surface area contributed by atoms with Crippen LogP contribution in [0.2, 0.25) is 0 Å². The summed E-state index contributed by atoms with van der Waals surface area (Å²) >= 11 is 0. The molecule has 0 spiro atoms. The number of aromatic amines is 1. The van der Waals surface area contributed by atoms with E-state index < -0.39 is 5.92 Å². The van der Waals surface area contributed by atoms with E-state index in [2.05, 4.69) is 17.1 Å². The lowest BCUT2D eigenvalue weighted by molar-refractivity contribution is -0.146. The minimum absolute atomic E-state index is 0.233. The first-order chi connectivity index (χ1) is 12.7. The van der Waals surface area contributed by atoms with Crippen LogP contribution in [0.1, 0.15) is 50.2 Å². The Kier molecular flexibility index (Phi) is 5.71. The van der Waals surface area contributed by atoms with Crippen molar-refractivity contribution in [1.29, 1.82) is 0 Å². The highest BCUT2D eigenvalue weighted by molar-refractivity contribution is 6.06. The summed E-state index contributed by atoms with van der Waals surface area (Å²) in [6.07, 6.45) is 4.50. The van der Waals surface area contributed by atoms with Crippen LogP contribution in [-0.2, 0) is 9.53 Å². The summed E-state index contributed by atoms with van der Waals surface area (Å²) in [5, 5.41) is 7.13. The number of para-hydroxylation sites is 1. The molecule has 2 heterocycles. The van der Waals surface area contributed by atoms with Gasteiger partial charge in [0.1, 0.15) is 11.7 Å². The topological polar surface area (TPSA) is 76.6 Å². The van der Waals surface area contributed by atoms with Crippen molar-refractivity contribution in [2.24, 2.45) is 10.9 Å². The van der Waals surface area contributed by atoms with Gasteiger partial charge in [0, 0.05) is 22.8 Å². The number of methoxy groups -OCH3 is 1. The zero-order chi connectivity index (χ0) is 18.5. The molecule has 0 saturated carbocycles. The van der Waals surface area contributed by atoms with Crippen molar-refractivity contribution in [1.82, 2.24) is 10.2 Å². The third-order valence-electron chi connectivity index (χ3n) is 4.73. The zero-order valence-corrected chi connectivity index (χ0v) is 15.5. The van der Waals surface area contributed by atoms with Crippen LogP contribution < -0.4 is 4.74 Å². The van der Waals surface area contributed by atoms with Gasteiger partial charge >= 0.3 is 5.97 Å². The van der Waals surface area contributed by atoms with Crippen LogP contribution in [0.3, 0.4) is 0 Å². The number of hydrogen-bond acceptors (Lipinski definition) is 5. The third kappa shape index (κ3) is 3.36. The normalized spacial score (nSPS) is 18.8. The van der Waals surface area contributed by atoms with Gasteiger partial charge in [-0.3, -0.25) is 9.89 Å². The molecule has 0 fully saturated rings. The average molecular weight is 355 g/mol. The lowest BCUT2D eigenvalue weighted by Crippen LogP contribution is -2.34. The second kappa shape index (κ2) is 8.17. The molecule has 0 aliphatic carbocycles. The molecule has 0 bridgehead atoms. The maximum absolute atomic E-state index is 12.9. The van der Waals surface area contributed by atoms with E-state index in [1.165, 1.54) is 0 Å². The maximum Gasteiger partial charge on any atom is 0.315 e. The van der Waals surface area contributed by atoms with Gasteiger partial charge in [-0.1, -0.05) is 31.5 Å². The number of nitrogens with zero attached hydrogens (tertiary/aromatic N) is 2. The molecule has 2 unspecified atom stereocenters. The first-order valence-corrected chi connectivity index (χ1v) is 9.11. The molecule has 1 aromatic heterocycles. The predicted octanol–water partition coefficient (Wildman–Crippen LogP) is 4.01. The number of benzene rings is 1. The third-order valence-corrected chi connectivity index (χ3v) is 4.73. The van der Waals surface area contributed by atoms with Crippen molar-refractivity contribution in [3.05, 3.63) is 41.6 Å². The molecule has 2 aromatic rings. The molecule has 2 atom stereocenters. The molecule has 0 radical (unpaired) electrons. The van der Waals surface area contributed by atoms with E-state index >= 15 is 0 Å². The summed E-state index contributed by atoms with van der Waals surface area (Å²) in [5.74, 6) is 0.513. The minimum Gasteiger partial charge on any atom is -0.496 e. The van der Waals surface area contributed by atoms with Crippen LogP contribution in [0, 0.1) is 5.92 Å². The Morgan fingerprint density at radius 1 is 1.23 bits per heavy atom. The number of ether oxygens (including phenoxy) is 2. The summed E-state index contributed by atoms with van der Waals surface area (Å²) in [6.45, 7) is 4.29. The van der Waals surface area contributed by atoms with E-state index in [-0.39, 0.29) is 11.9 Å². The molecule has 1 N–H and O–H groups in total. The van der Waals surface area contributed by atoms with Gasteiger partial charge < -0.3 is 9.47 Å². The Hall–Kier alpha value is -2.63. The molecule has 138 valence electrons. The lowest BCUT2D eigenvalue weighted by atomic mass is 9.75. The summed E-state index contributed by atoms with van der Waals surface area (Å²) in [6, 6.07) is 7.79. The van der Waals surface area contributed by atoms with Gasteiger partial charge in [0.05, 0.1) is 19.9 Å². The summed E-state index contributed by atoms with van der Waals surface area (Å²) in [4.78, 5) is 17.6. The number of esters is 1. The van der Waals surface area contributed by atoms with Crippen molar-refractivity contribution in [3.63, 3.8) is 0 Å². The largest absolute Gasteiger partial charge is 0.496 e. The number of aromatic nitrogens is 2. The minimum atomic E-state index is -0.470. The predicted molar refractivity (Wildman–Crippen MR) is 100 cm³/mol. The molecule has 0 saturated heterocycles. The van der Waals surface area contributed by atoms with E-state index in [0.717, 1.165) is 41.9 Å². The molecule has 6 nitrogen and oxygen atoms in total. The van der Waals surface area contributed by atoms with Crippen molar-refractivity contribution >= 4 is 17.5 Å². The fourth-order valence-electron chi connectivity index (χ4n) is 3.53.